The van der Waals surface area contributed by atoms with Gasteiger partial charge < -0.3 is 4.90 Å². The maximum atomic E-state index is 14.1. The molecule has 0 amide bonds. The smallest absolute Gasteiger partial charge is 0.263 e. The Morgan fingerprint density at radius 3 is 1.85 bits per heavy atom. The number of para-hydroxylation sites is 2. The van der Waals surface area contributed by atoms with Crippen molar-refractivity contribution in [3.8, 4) is 5.69 Å². The third-order valence-corrected chi connectivity index (χ3v) is 8.68. The summed E-state index contributed by atoms with van der Waals surface area (Å²) >= 11 is 0. The lowest BCUT2D eigenvalue weighted by Gasteiger charge is -2.51. The summed E-state index contributed by atoms with van der Waals surface area (Å²) in [5, 5.41) is 2.93. The summed E-state index contributed by atoms with van der Waals surface area (Å²) in [5.74, 6) is 0. The molecular weight excluding hydrogens is 416 g/mol. The number of hydrogen-bond acceptors (Lipinski definition) is 2. The van der Waals surface area contributed by atoms with Gasteiger partial charge in [-0.25, -0.2) is 0 Å². The fourth-order valence-electron chi connectivity index (χ4n) is 6.98. The van der Waals surface area contributed by atoms with Crippen LogP contribution >= 0.6 is 0 Å². The van der Waals surface area contributed by atoms with Crippen molar-refractivity contribution in [1.82, 2.24) is 4.57 Å². The Morgan fingerprint density at radius 1 is 0.559 bits per heavy atom. The van der Waals surface area contributed by atoms with Crippen molar-refractivity contribution in [3.05, 3.63) is 105 Å². The van der Waals surface area contributed by atoms with E-state index in [0.29, 0.717) is 0 Å². The van der Waals surface area contributed by atoms with Crippen molar-refractivity contribution in [1.29, 1.82) is 0 Å². The number of pyridine rings is 1. The lowest BCUT2D eigenvalue weighted by molar-refractivity contribution is 0.595. The van der Waals surface area contributed by atoms with Crippen molar-refractivity contribution >= 4 is 38.7 Å². The second-order valence-electron chi connectivity index (χ2n) is 11.0. The molecule has 4 aromatic carbocycles. The van der Waals surface area contributed by atoms with E-state index in [-0.39, 0.29) is 16.4 Å². The molecule has 4 heterocycles. The standard InChI is InChI=1S/C31H24N2O/c1-30(2)20-11-7-12-21-26(20)33-27-22(30)13-8-14-24(27)32-25-18(15-16-23(28(25)33)31(21,3)4)17-9-5-6-10-19(17)29(32)34/h5-16H,1-4H3. The van der Waals surface area contributed by atoms with Gasteiger partial charge in [0.1, 0.15) is 0 Å². The summed E-state index contributed by atoms with van der Waals surface area (Å²) in [6.07, 6.45) is 0. The fraction of sp³-hybridized carbons (Fsp3) is 0.194. The molecule has 3 heteroatoms. The number of rotatable bonds is 0. The van der Waals surface area contributed by atoms with Gasteiger partial charge in [0.05, 0.1) is 28.3 Å². The average molecular weight is 441 g/mol. The largest absolute Gasteiger partial charge is 0.305 e. The maximum Gasteiger partial charge on any atom is 0.263 e. The molecule has 0 atom stereocenters. The summed E-state index contributed by atoms with van der Waals surface area (Å²) in [6, 6.07) is 25.8. The SMILES string of the molecule is CC1(C)c2cccc3c2N2c4c1cccc4C(C)(C)c1ccc4c5ccccc5c(=O)n-3c4c12. The van der Waals surface area contributed by atoms with Crippen LogP contribution in [0.1, 0.15) is 49.9 Å². The Bertz CT molecular complexity index is 1820. The van der Waals surface area contributed by atoms with Gasteiger partial charge >= 0.3 is 0 Å². The van der Waals surface area contributed by atoms with Crippen LogP contribution in [-0.4, -0.2) is 4.57 Å². The van der Waals surface area contributed by atoms with Crippen molar-refractivity contribution in [3.63, 3.8) is 0 Å². The van der Waals surface area contributed by atoms with E-state index in [2.05, 4.69) is 87.2 Å². The first-order valence-corrected chi connectivity index (χ1v) is 12.0. The molecule has 0 saturated heterocycles. The number of nitrogens with zero attached hydrogens (tertiary/aromatic N) is 2. The van der Waals surface area contributed by atoms with Crippen LogP contribution in [0.3, 0.4) is 0 Å². The molecule has 8 rings (SSSR count). The lowest BCUT2D eigenvalue weighted by Crippen LogP contribution is -2.41. The van der Waals surface area contributed by atoms with Crippen LogP contribution in [0, 0.1) is 0 Å². The van der Waals surface area contributed by atoms with E-state index in [1.54, 1.807) is 0 Å². The molecule has 34 heavy (non-hydrogen) atoms. The Hall–Kier alpha value is -3.85. The van der Waals surface area contributed by atoms with Crippen LogP contribution in [0.15, 0.2) is 77.6 Å². The molecule has 1 aromatic heterocycles. The predicted octanol–water partition coefficient (Wildman–Crippen LogP) is 7.21. The molecule has 3 aliphatic rings. The van der Waals surface area contributed by atoms with Gasteiger partial charge in [0, 0.05) is 21.6 Å². The minimum absolute atomic E-state index is 0.0600. The topological polar surface area (TPSA) is 25.2 Å². The zero-order chi connectivity index (χ0) is 23.1. The summed E-state index contributed by atoms with van der Waals surface area (Å²) in [4.78, 5) is 16.6. The summed E-state index contributed by atoms with van der Waals surface area (Å²) < 4.78 is 2.00. The molecule has 0 fully saturated rings. The number of hydrogen-bond donors (Lipinski definition) is 0. The summed E-state index contributed by atoms with van der Waals surface area (Å²) in [7, 11) is 0. The fourth-order valence-corrected chi connectivity index (χ4v) is 6.98. The van der Waals surface area contributed by atoms with Gasteiger partial charge in [-0.15, -0.1) is 0 Å². The molecule has 0 spiro atoms. The number of anilines is 3. The van der Waals surface area contributed by atoms with Gasteiger partial charge in [0.2, 0.25) is 0 Å². The van der Waals surface area contributed by atoms with Gasteiger partial charge in [-0.3, -0.25) is 9.36 Å². The second kappa shape index (κ2) is 5.44. The van der Waals surface area contributed by atoms with E-state index >= 15 is 0 Å². The van der Waals surface area contributed by atoms with Crippen molar-refractivity contribution < 1.29 is 0 Å². The highest BCUT2D eigenvalue weighted by Gasteiger charge is 2.48. The number of fused-ring (bicyclic) bond motifs is 3. The summed E-state index contributed by atoms with van der Waals surface area (Å²) in [5.41, 5.74) is 10.6. The van der Waals surface area contributed by atoms with Gasteiger partial charge in [-0.2, -0.15) is 0 Å². The van der Waals surface area contributed by atoms with Gasteiger partial charge in [0.25, 0.3) is 5.56 Å². The van der Waals surface area contributed by atoms with E-state index < -0.39 is 0 Å². The predicted molar refractivity (Wildman–Crippen MR) is 140 cm³/mol. The Morgan fingerprint density at radius 2 is 1.15 bits per heavy atom. The molecule has 5 aromatic rings. The minimum Gasteiger partial charge on any atom is -0.305 e. The Balaban J connectivity index is 1.73. The third-order valence-electron chi connectivity index (χ3n) is 8.68. The molecule has 3 nitrogen and oxygen atoms in total. The molecule has 0 aliphatic carbocycles. The van der Waals surface area contributed by atoms with Crippen molar-refractivity contribution in [2.45, 2.75) is 38.5 Å². The molecule has 0 bridgehead atoms. The molecule has 0 radical (unpaired) electrons. The van der Waals surface area contributed by atoms with Crippen molar-refractivity contribution in [2.75, 3.05) is 4.90 Å². The van der Waals surface area contributed by atoms with Crippen molar-refractivity contribution in [2.24, 2.45) is 0 Å². The quantitative estimate of drug-likeness (QED) is 0.233. The zero-order valence-electron chi connectivity index (χ0n) is 19.7. The van der Waals surface area contributed by atoms with Crippen LogP contribution in [0.4, 0.5) is 17.1 Å². The molecule has 0 saturated carbocycles. The van der Waals surface area contributed by atoms with E-state index in [9.17, 15) is 4.79 Å². The maximum absolute atomic E-state index is 14.1. The third kappa shape index (κ3) is 1.77. The first-order valence-electron chi connectivity index (χ1n) is 12.0. The van der Waals surface area contributed by atoms with Gasteiger partial charge in [0.15, 0.2) is 0 Å². The monoisotopic (exact) mass is 440 g/mol. The lowest BCUT2D eigenvalue weighted by atomic mass is 9.65. The van der Waals surface area contributed by atoms with E-state index in [1.165, 1.54) is 33.6 Å². The first kappa shape index (κ1) is 18.6. The van der Waals surface area contributed by atoms with Crippen LogP contribution in [0.2, 0.25) is 0 Å². The van der Waals surface area contributed by atoms with E-state index in [4.69, 9.17) is 0 Å². The van der Waals surface area contributed by atoms with E-state index in [1.807, 2.05) is 22.8 Å². The molecule has 0 N–H and O–H groups in total. The Kier molecular flexibility index (Phi) is 2.97. The van der Waals surface area contributed by atoms with E-state index in [0.717, 1.165) is 33.1 Å². The first-order chi connectivity index (χ1) is 16.3. The molecule has 0 unspecified atom stereocenters. The summed E-state index contributed by atoms with van der Waals surface area (Å²) in [6.45, 7) is 9.28. The molecule has 3 aliphatic heterocycles. The second-order valence-corrected chi connectivity index (χ2v) is 11.0. The van der Waals surface area contributed by atoms with Crippen LogP contribution < -0.4 is 10.5 Å². The van der Waals surface area contributed by atoms with Gasteiger partial charge in [-0.1, -0.05) is 88.4 Å². The molecular formula is C31H24N2O. The average Bonchev–Trinajstić information content (AvgIpc) is 2.84. The Labute approximate surface area is 197 Å². The van der Waals surface area contributed by atoms with Crippen LogP contribution in [0.25, 0.3) is 27.4 Å². The van der Waals surface area contributed by atoms with Gasteiger partial charge in [-0.05, 0) is 39.8 Å². The molecule has 164 valence electrons. The minimum atomic E-state index is -0.183. The highest BCUT2D eigenvalue weighted by atomic mass is 16.1. The highest BCUT2D eigenvalue weighted by molar-refractivity contribution is 6.16. The van der Waals surface area contributed by atoms with Crippen LogP contribution in [0.5, 0.6) is 0 Å². The number of aromatic nitrogens is 1. The normalized spacial score (nSPS) is 17.4. The highest BCUT2D eigenvalue weighted by Crippen LogP contribution is 2.63. The van der Waals surface area contributed by atoms with Crippen LogP contribution in [-0.2, 0) is 10.8 Å². The number of benzene rings is 4. The zero-order valence-corrected chi connectivity index (χ0v) is 19.7.